The van der Waals surface area contributed by atoms with Crippen LogP contribution in [0, 0.1) is 0 Å². The molecule has 0 radical (unpaired) electrons. The Morgan fingerprint density at radius 3 is 2.54 bits per heavy atom. The van der Waals surface area contributed by atoms with E-state index in [0.29, 0.717) is 5.56 Å². The maximum Gasteiger partial charge on any atom is 0.162 e. The second kappa shape index (κ2) is 4.74. The van der Waals surface area contributed by atoms with Crippen LogP contribution in [-0.4, -0.2) is 10.2 Å². The number of aromatic hydroxyl groups is 2. The molecule has 1 aromatic rings. The Morgan fingerprint density at radius 1 is 1.38 bits per heavy atom. The summed E-state index contributed by atoms with van der Waals surface area (Å²) in [5.41, 5.74) is 6.05. The lowest BCUT2D eigenvalue weighted by Crippen LogP contribution is -2.06. The second-order valence-electron chi connectivity index (χ2n) is 2.48. The van der Waals surface area contributed by atoms with Gasteiger partial charge < -0.3 is 15.9 Å². The van der Waals surface area contributed by atoms with E-state index in [1.54, 1.807) is 12.1 Å². The molecule has 1 aromatic carbocycles. The molecule has 0 unspecified atom stereocenters. The van der Waals surface area contributed by atoms with Crippen LogP contribution in [-0.2, 0) is 0 Å². The molecule has 72 valence electrons. The SMILES string of the molecule is C=C[C@@H](N)c1cccc(O)c1O.Cl. The van der Waals surface area contributed by atoms with E-state index in [2.05, 4.69) is 6.58 Å². The average Bonchev–Trinajstić information content (AvgIpc) is 2.08. The highest BCUT2D eigenvalue weighted by atomic mass is 35.5. The topological polar surface area (TPSA) is 66.5 Å². The Morgan fingerprint density at radius 2 is 2.00 bits per heavy atom. The van der Waals surface area contributed by atoms with E-state index in [-0.39, 0.29) is 23.9 Å². The van der Waals surface area contributed by atoms with Gasteiger partial charge >= 0.3 is 0 Å². The van der Waals surface area contributed by atoms with Crippen molar-refractivity contribution < 1.29 is 10.2 Å². The first-order valence-corrected chi connectivity index (χ1v) is 3.55. The van der Waals surface area contributed by atoms with Gasteiger partial charge in [-0.25, -0.2) is 0 Å². The molecular weight excluding hydrogens is 190 g/mol. The lowest BCUT2D eigenvalue weighted by Gasteiger charge is -2.09. The van der Waals surface area contributed by atoms with Gasteiger partial charge in [-0.2, -0.15) is 0 Å². The lowest BCUT2D eigenvalue weighted by atomic mass is 10.1. The number of halogens is 1. The van der Waals surface area contributed by atoms with Crippen LogP contribution in [0.5, 0.6) is 11.5 Å². The molecule has 13 heavy (non-hydrogen) atoms. The normalized spacial score (nSPS) is 11.5. The van der Waals surface area contributed by atoms with Gasteiger partial charge in [0, 0.05) is 5.56 Å². The molecule has 1 rings (SSSR count). The van der Waals surface area contributed by atoms with Crippen molar-refractivity contribution in [2.75, 3.05) is 0 Å². The number of hydrogen-bond donors (Lipinski definition) is 3. The molecule has 0 aliphatic heterocycles. The summed E-state index contributed by atoms with van der Waals surface area (Å²) in [7, 11) is 0. The van der Waals surface area contributed by atoms with E-state index >= 15 is 0 Å². The number of phenolic OH excluding ortho intramolecular Hbond substituents is 2. The van der Waals surface area contributed by atoms with Crippen LogP contribution in [0.15, 0.2) is 30.9 Å². The zero-order valence-corrected chi connectivity index (χ0v) is 7.79. The van der Waals surface area contributed by atoms with Crippen molar-refractivity contribution in [2.24, 2.45) is 5.73 Å². The Kier molecular flexibility index (Phi) is 4.31. The van der Waals surface area contributed by atoms with Crippen molar-refractivity contribution >= 4 is 12.4 Å². The van der Waals surface area contributed by atoms with E-state index in [1.165, 1.54) is 12.1 Å². The van der Waals surface area contributed by atoms with E-state index in [1.807, 2.05) is 0 Å². The number of hydrogen-bond acceptors (Lipinski definition) is 3. The molecule has 0 saturated heterocycles. The monoisotopic (exact) mass is 201 g/mol. The van der Waals surface area contributed by atoms with Crippen molar-refractivity contribution in [3.63, 3.8) is 0 Å². The summed E-state index contributed by atoms with van der Waals surface area (Å²) in [6, 6.07) is 4.21. The Bertz CT molecular complexity index is 302. The number of rotatable bonds is 2. The zero-order chi connectivity index (χ0) is 9.14. The fraction of sp³-hybridized carbons (Fsp3) is 0.111. The maximum atomic E-state index is 9.32. The molecule has 0 aliphatic rings. The fourth-order valence-corrected chi connectivity index (χ4v) is 0.945. The minimum atomic E-state index is -0.447. The average molecular weight is 202 g/mol. The highest BCUT2D eigenvalue weighted by Crippen LogP contribution is 2.31. The standard InChI is InChI=1S/C9H11NO2.ClH/c1-2-7(10)6-4-3-5-8(11)9(6)12;/h2-5,7,11-12H,1,10H2;1H/t7-;/m1./s1. The van der Waals surface area contributed by atoms with Crippen molar-refractivity contribution in [3.05, 3.63) is 36.4 Å². The molecule has 3 nitrogen and oxygen atoms in total. The molecule has 0 bridgehead atoms. The van der Waals surface area contributed by atoms with Crippen molar-refractivity contribution in [2.45, 2.75) is 6.04 Å². The number of nitrogens with two attached hydrogens (primary N) is 1. The number of para-hydroxylation sites is 1. The van der Waals surface area contributed by atoms with Crippen LogP contribution in [0.4, 0.5) is 0 Å². The van der Waals surface area contributed by atoms with Gasteiger partial charge in [0.25, 0.3) is 0 Å². The van der Waals surface area contributed by atoms with Gasteiger partial charge in [0.1, 0.15) is 0 Å². The molecule has 0 fully saturated rings. The van der Waals surface area contributed by atoms with Crippen LogP contribution in [0.2, 0.25) is 0 Å². The molecule has 0 saturated carbocycles. The molecule has 0 spiro atoms. The van der Waals surface area contributed by atoms with Gasteiger partial charge in [0.15, 0.2) is 11.5 Å². The Labute approximate surface area is 82.9 Å². The number of phenols is 2. The minimum absolute atomic E-state index is 0. The molecule has 4 heteroatoms. The first kappa shape index (κ1) is 11.8. The van der Waals surface area contributed by atoms with Crippen molar-refractivity contribution in [3.8, 4) is 11.5 Å². The third kappa shape index (κ3) is 2.37. The highest BCUT2D eigenvalue weighted by molar-refractivity contribution is 5.85. The summed E-state index contributed by atoms with van der Waals surface area (Å²) in [4.78, 5) is 0. The molecular formula is C9H12ClNO2. The molecule has 0 aliphatic carbocycles. The quantitative estimate of drug-likeness (QED) is 0.504. The van der Waals surface area contributed by atoms with Crippen LogP contribution < -0.4 is 5.73 Å². The third-order valence-electron chi connectivity index (χ3n) is 1.66. The summed E-state index contributed by atoms with van der Waals surface area (Å²) in [6.07, 6.45) is 1.49. The first-order chi connectivity index (χ1) is 5.66. The van der Waals surface area contributed by atoms with Gasteiger partial charge in [-0.05, 0) is 6.07 Å². The largest absolute Gasteiger partial charge is 0.504 e. The molecule has 0 amide bonds. The molecule has 0 heterocycles. The predicted octanol–water partition coefficient (Wildman–Crippen LogP) is 1.71. The summed E-state index contributed by atoms with van der Waals surface area (Å²) >= 11 is 0. The van der Waals surface area contributed by atoms with Gasteiger partial charge in [0.2, 0.25) is 0 Å². The third-order valence-corrected chi connectivity index (χ3v) is 1.66. The molecule has 1 atom stereocenters. The Balaban J connectivity index is 0.00000144. The summed E-state index contributed by atoms with van der Waals surface area (Å²) in [5.74, 6) is -0.338. The van der Waals surface area contributed by atoms with E-state index in [0.717, 1.165) is 0 Å². The summed E-state index contributed by atoms with van der Waals surface area (Å²) in [5, 5.41) is 18.4. The second-order valence-corrected chi connectivity index (χ2v) is 2.48. The smallest absolute Gasteiger partial charge is 0.162 e. The summed E-state index contributed by atoms with van der Waals surface area (Å²) < 4.78 is 0. The van der Waals surface area contributed by atoms with Crippen LogP contribution in [0.25, 0.3) is 0 Å². The van der Waals surface area contributed by atoms with E-state index < -0.39 is 6.04 Å². The van der Waals surface area contributed by atoms with E-state index in [4.69, 9.17) is 10.8 Å². The van der Waals surface area contributed by atoms with Crippen LogP contribution in [0.1, 0.15) is 11.6 Å². The van der Waals surface area contributed by atoms with Gasteiger partial charge in [-0.3, -0.25) is 0 Å². The summed E-state index contributed by atoms with van der Waals surface area (Å²) in [6.45, 7) is 3.49. The highest BCUT2D eigenvalue weighted by Gasteiger charge is 2.09. The van der Waals surface area contributed by atoms with Crippen LogP contribution in [0.3, 0.4) is 0 Å². The van der Waals surface area contributed by atoms with E-state index in [9.17, 15) is 5.11 Å². The lowest BCUT2D eigenvalue weighted by molar-refractivity contribution is 0.398. The maximum absolute atomic E-state index is 9.32. The van der Waals surface area contributed by atoms with Gasteiger partial charge in [-0.1, -0.05) is 18.2 Å². The fourth-order valence-electron chi connectivity index (χ4n) is 0.945. The number of benzene rings is 1. The van der Waals surface area contributed by atoms with Crippen molar-refractivity contribution in [1.82, 2.24) is 0 Å². The van der Waals surface area contributed by atoms with Crippen molar-refractivity contribution in [1.29, 1.82) is 0 Å². The van der Waals surface area contributed by atoms with Gasteiger partial charge in [-0.15, -0.1) is 19.0 Å². The molecule has 4 N–H and O–H groups in total. The first-order valence-electron chi connectivity index (χ1n) is 3.55. The predicted molar refractivity (Wildman–Crippen MR) is 54.1 cm³/mol. The van der Waals surface area contributed by atoms with Crippen LogP contribution >= 0.6 is 12.4 Å². The minimum Gasteiger partial charge on any atom is -0.504 e. The van der Waals surface area contributed by atoms with Gasteiger partial charge in [0.05, 0.1) is 6.04 Å². The molecule has 0 aromatic heterocycles. The zero-order valence-electron chi connectivity index (χ0n) is 6.97. The Hall–Kier alpha value is -1.19.